The van der Waals surface area contributed by atoms with Gasteiger partial charge in [-0.1, -0.05) is 12.8 Å². The predicted octanol–water partition coefficient (Wildman–Crippen LogP) is 5.15. The quantitative estimate of drug-likeness (QED) is 0.371. The average molecular weight is 498 g/mol. The Morgan fingerprint density at radius 1 is 1.28 bits per heavy atom. The highest BCUT2D eigenvalue weighted by Crippen LogP contribution is 2.46. The maximum atomic E-state index is 13.2. The monoisotopic (exact) mass is 498 g/mol. The van der Waals surface area contributed by atoms with Crippen LogP contribution in [-0.4, -0.2) is 20.4 Å². The van der Waals surface area contributed by atoms with Crippen LogP contribution in [0.1, 0.15) is 49.1 Å². The van der Waals surface area contributed by atoms with Crippen molar-refractivity contribution in [3.8, 4) is 11.8 Å². The molecule has 0 unspecified atom stereocenters. The Hall–Kier alpha value is -2.40. The predicted molar refractivity (Wildman–Crippen MR) is 124 cm³/mol. The molecule has 1 aromatic carbocycles. The van der Waals surface area contributed by atoms with Crippen LogP contribution < -0.4 is 4.90 Å². The second-order valence-electron chi connectivity index (χ2n) is 7.46. The van der Waals surface area contributed by atoms with E-state index in [1.54, 1.807) is 4.90 Å². The van der Waals surface area contributed by atoms with Gasteiger partial charge in [-0.2, -0.15) is 0 Å². The lowest BCUT2D eigenvalue weighted by Crippen LogP contribution is -2.26. The first-order valence-corrected chi connectivity index (χ1v) is 10.9. The molecule has 0 N–H and O–H groups in total. The summed E-state index contributed by atoms with van der Waals surface area (Å²) in [6.07, 6.45) is 2.94. The van der Waals surface area contributed by atoms with Crippen molar-refractivity contribution in [2.75, 3.05) is 4.90 Å². The molecule has 1 saturated carbocycles. The van der Waals surface area contributed by atoms with E-state index in [0.29, 0.717) is 23.8 Å². The molecule has 4 rings (SSSR count). The fourth-order valence-electron chi connectivity index (χ4n) is 3.46. The van der Waals surface area contributed by atoms with Crippen molar-refractivity contribution in [3.05, 3.63) is 44.8 Å². The van der Waals surface area contributed by atoms with Crippen LogP contribution in [0.3, 0.4) is 0 Å². The molecule has 6 heteroatoms. The molecular formula is C23H23IN4O. The molecule has 0 saturated heterocycles. The number of aryl methyl sites for hydroxylation is 3. The lowest BCUT2D eigenvalue weighted by molar-refractivity contribution is -0.112. The fraction of sp³-hybridized carbons (Fsp3) is 0.348. The highest BCUT2D eigenvalue weighted by molar-refractivity contribution is 14.1. The van der Waals surface area contributed by atoms with Crippen molar-refractivity contribution >= 4 is 51.2 Å². The van der Waals surface area contributed by atoms with Crippen molar-refractivity contribution in [2.24, 2.45) is 7.05 Å². The van der Waals surface area contributed by atoms with Gasteiger partial charge in [0.15, 0.2) is 5.65 Å². The second kappa shape index (κ2) is 7.79. The Labute approximate surface area is 184 Å². The van der Waals surface area contributed by atoms with Crippen LogP contribution in [0.5, 0.6) is 0 Å². The molecule has 0 bridgehead atoms. The van der Waals surface area contributed by atoms with Crippen molar-refractivity contribution in [1.29, 1.82) is 0 Å². The van der Waals surface area contributed by atoms with Gasteiger partial charge < -0.3 is 4.57 Å². The summed E-state index contributed by atoms with van der Waals surface area (Å²) in [6.45, 7) is 5.96. The number of rotatable bonds is 3. The van der Waals surface area contributed by atoms with E-state index in [-0.39, 0.29) is 5.91 Å². The molecule has 5 nitrogen and oxygen atoms in total. The smallest absolute Gasteiger partial charge is 0.308 e. The average Bonchev–Trinajstić information content (AvgIpc) is 3.49. The number of pyridine rings is 1. The summed E-state index contributed by atoms with van der Waals surface area (Å²) >= 11 is 2.36. The fourth-order valence-corrected chi connectivity index (χ4v) is 3.95. The Morgan fingerprint density at radius 2 is 2.03 bits per heavy atom. The summed E-state index contributed by atoms with van der Waals surface area (Å²) < 4.78 is 3.21. The van der Waals surface area contributed by atoms with Gasteiger partial charge in [0.05, 0.1) is 11.2 Å². The van der Waals surface area contributed by atoms with E-state index >= 15 is 0 Å². The zero-order chi connectivity index (χ0) is 20.7. The number of aromatic nitrogens is 3. The number of hydrogen-bond donors (Lipinski definition) is 0. The van der Waals surface area contributed by atoms with Gasteiger partial charge >= 0.3 is 5.91 Å². The summed E-state index contributed by atoms with van der Waals surface area (Å²) in [6, 6.07) is 8.16. The molecule has 29 heavy (non-hydrogen) atoms. The minimum atomic E-state index is -0.256. The zero-order valence-corrected chi connectivity index (χ0v) is 19.2. The lowest BCUT2D eigenvalue weighted by Gasteiger charge is -2.23. The van der Waals surface area contributed by atoms with Gasteiger partial charge in [0.25, 0.3) is 0 Å². The maximum absolute atomic E-state index is 13.2. The molecule has 3 aromatic rings. The van der Waals surface area contributed by atoms with Gasteiger partial charge in [-0.3, -0.25) is 9.69 Å². The number of anilines is 2. The minimum absolute atomic E-state index is 0.256. The second-order valence-corrected chi connectivity index (χ2v) is 8.62. The van der Waals surface area contributed by atoms with Crippen molar-refractivity contribution in [2.45, 2.75) is 46.0 Å². The number of carbonyl (C=O) groups excluding carboxylic acids is 1. The zero-order valence-electron chi connectivity index (χ0n) is 17.1. The lowest BCUT2D eigenvalue weighted by atomic mass is 10.0. The third kappa shape index (κ3) is 3.76. The van der Waals surface area contributed by atoms with Crippen molar-refractivity contribution < 1.29 is 4.79 Å². The van der Waals surface area contributed by atoms with E-state index in [1.807, 2.05) is 37.6 Å². The van der Waals surface area contributed by atoms with Gasteiger partial charge in [-0.25, -0.2) is 9.97 Å². The Kier molecular flexibility index (Phi) is 5.34. The number of hydrogen-bond acceptors (Lipinski definition) is 3. The number of imidazole rings is 1. The molecule has 0 radical (unpaired) electrons. The number of amides is 1. The van der Waals surface area contributed by atoms with E-state index in [0.717, 1.165) is 35.4 Å². The van der Waals surface area contributed by atoms with Crippen molar-refractivity contribution in [3.63, 3.8) is 0 Å². The first-order chi connectivity index (χ1) is 13.9. The standard InChI is InChI=1S/C23H23IN4O/c1-5-6-7-22(29)28(20-12-14(2)18(24)13-17(20)16-8-9-16)21-11-10-19-23(26-21)25-15(3)27(19)4/h10-13,16H,5,8-9H2,1-4H3. The first-order valence-electron chi connectivity index (χ1n) is 9.83. The van der Waals surface area contributed by atoms with Gasteiger partial charge in [-0.15, -0.1) is 0 Å². The van der Waals surface area contributed by atoms with Gasteiger partial charge in [-0.05, 0) is 96.5 Å². The topological polar surface area (TPSA) is 51.0 Å². The summed E-state index contributed by atoms with van der Waals surface area (Å²) in [5.41, 5.74) is 4.81. The van der Waals surface area contributed by atoms with Crippen LogP contribution in [0.15, 0.2) is 24.3 Å². The molecular weight excluding hydrogens is 475 g/mol. The molecule has 0 atom stereocenters. The maximum Gasteiger partial charge on any atom is 0.308 e. The van der Waals surface area contributed by atoms with Crippen LogP contribution in [0.2, 0.25) is 0 Å². The summed E-state index contributed by atoms with van der Waals surface area (Å²) in [5, 5.41) is 0. The van der Waals surface area contributed by atoms with Gasteiger partial charge in [0.2, 0.25) is 0 Å². The molecule has 148 valence electrons. The molecule has 2 heterocycles. The first kappa shape index (κ1) is 19.9. The van der Waals surface area contributed by atoms with Crippen LogP contribution in [0.4, 0.5) is 11.5 Å². The van der Waals surface area contributed by atoms with Crippen LogP contribution in [0.25, 0.3) is 11.2 Å². The Morgan fingerprint density at radius 3 is 2.72 bits per heavy atom. The SMILES string of the molecule is CCC#CC(=O)N(c1ccc2c(n1)nc(C)n2C)c1cc(C)c(I)cc1C1CC1. The highest BCUT2D eigenvalue weighted by atomic mass is 127. The third-order valence-corrected chi connectivity index (χ3v) is 6.49. The Balaban J connectivity index is 1.92. The number of fused-ring (bicyclic) bond motifs is 1. The molecule has 2 aromatic heterocycles. The highest BCUT2D eigenvalue weighted by Gasteiger charge is 2.31. The van der Waals surface area contributed by atoms with Gasteiger partial charge in [0.1, 0.15) is 11.6 Å². The number of carbonyl (C=O) groups is 1. The van der Waals surface area contributed by atoms with E-state index in [1.165, 1.54) is 9.13 Å². The summed E-state index contributed by atoms with van der Waals surface area (Å²) in [7, 11) is 1.97. The normalized spacial score (nSPS) is 13.3. The van der Waals surface area contributed by atoms with E-state index in [4.69, 9.17) is 4.98 Å². The molecule has 1 aliphatic rings. The molecule has 1 fully saturated rings. The summed E-state index contributed by atoms with van der Waals surface area (Å²) in [4.78, 5) is 24.1. The molecule has 1 aliphatic carbocycles. The van der Waals surface area contributed by atoms with Gasteiger partial charge in [0, 0.05) is 17.0 Å². The van der Waals surface area contributed by atoms with Crippen LogP contribution in [0, 0.1) is 29.3 Å². The number of halogens is 1. The third-order valence-electron chi connectivity index (χ3n) is 5.32. The number of benzene rings is 1. The molecule has 0 aliphatic heterocycles. The van der Waals surface area contributed by atoms with E-state index in [2.05, 4.69) is 58.5 Å². The molecule has 1 amide bonds. The minimum Gasteiger partial charge on any atom is -0.330 e. The van der Waals surface area contributed by atoms with Crippen LogP contribution in [-0.2, 0) is 11.8 Å². The summed E-state index contributed by atoms with van der Waals surface area (Å²) in [5.74, 6) is 7.39. The van der Waals surface area contributed by atoms with E-state index in [9.17, 15) is 4.79 Å². The largest absolute Gasteiger partial charge is 0.330 e. The molecule has 0 spiro atoms. The Bertz CT molecular complexity index is 1180. The van der Waals surface area contributed by atoms with E-state index < -0.39 is 0 Å². The number of nitrogens with zero attached hydrogens (tertiary/aromatic N) is 4. The van der Waals surface area contributed by atoms with Crippen LogP contribution >= 0.6 is 22.6 Å². The van der Waals surface area contributed by atoms with Crippen molar-refractivity contribution in [1.82, 2.24) is 14.5 Å².